The Bertz CT molecular complexity index is 538. The molecule has 0 atom stereocenters. The van der Waals surface area contributed by atoms with Gasteiger partial charge in [-0.1, -0.05) is 12.1 Å². The first-order chi connectivity index (χ1) is 8.22. The Hall–Kier alpha value is -1.95. The maximum atomic E-state index is 12.0. The van der Waals surface area contributed by atoms with Crippen molar-refractivity contribution < 1.29 is 4.79 Å². The normalized spacial score (nSPS) is 10.2. The highest BCUT2D eigenvalue weighted by Gasteiger charge is 2.12. The third-order valence-electron chi connectivity index (χ3n) is 2.26. The lowest BCUT2D eigenvalue weighted by molar-refractivity contribution is 0.102. The summed E-state index contributed by atoms with van der Waals surface area (Å²) in [5.74, 6) is 0.219. The van der Waals surface area contributed by atoms with E-state index >= 15 is 0 Å². The number of nitrogens with zero attached hydrogens (tertiary/aromatic N) is 1. The molecule has 6 heteroatoms. The van der Waals surface area contributed by atoms with Gasteiger partial charge in [0.25, 0.3) is 5.91 Å². The number of anilines is 2. The van der Waals surface area contributed by atoms with Gasteiger partial charge < -0.3 is 11.1 Å². The van der Waals surface area contributed by atoms with E-state index in [1.54, 1.807) is 6.07 Å². The molecule has 0 bridgehead atoms. The van der Waals surface area contributed by atoms with Crippen molar-refractivity contribution in [3.63, 3.8) is 0 Å². The van der Waals surface area contributed by atoms with E-state index in [1.807, 2.05) is 24.5 Å². The standard InChI is InChI=1S/C11H12N4OS/c1-17-9-5-3-2-4-7(9)11(16)14-10-8(12)6-13-15-10/h2-6H,12H2,1H3,(H2,13,14,15,16). The number of amides is 1. The number of hydrogen-bond donors (Lipinski definition) is 3. The summed E-state index contributed by atoms with van der Waals surface area (Å²) in [6.45, 7) is 0. The number of benzene rings is 1. The molecule has 1 amide bonds. The van der Waals surface area contributed by atoms with Crippen LogP contribution in [0, 0.1) is 0 Å². The fourth-order valence-electron chi connectivity index (χ4n) is 1.41. The summed E-state index contributed by atoms with van der Waals surface area (Å²) in [5, 5.41) is 9.06. The summed E-state index contributed by atoms with van der Waals surface area (Å²) in [6, 6.07) is 7.39. The van der Waals surface area contributed by atoms with Crippen molar-refractivity contribution in [1.29, 1.82) is 0 Å². The third-order valence-corrected chi connectivity index (χ3v) is 3.05. The molecule has 0 saturated heterocycles. The number of nitrogens with one attached hydrogen (secondary N) is 2. The molecule has 0 unspecified atom stereocenters. The molecule has 88 valence electrons. The van der Waals surface area contributed by atoms with Crippen LogP contribution in [0.25, 0.3) is 0 Å². The second-order valence-electron chi connectivity index (χ2n) is 3.35. The van der Waals surface area contributed by atoms with Crippen molar-refractivity contribution in [2.75, 3.05) is 17.3 Å². The minimum Gasteiger partial charge on any atom is -0.394 e. The molecule has 4 N–H and O–H groups in total. The average molecular weight is 248 g/mol. The van der Waals surface area contributed by atoms with E-state index in [0.717, 1.165) is 4.90 Å². The van der Waals surface area contributed by atoms with Crippen LogP contribution in [0.2, 0.25) is 0 Å². The molecule has 0 aliphatic rings. The minimum absolute atomic E-state index is 0.203. The molecule has 0 aliphatic carbocycles. The molecule has 0 fully saturated rings. The number of nitrogens with two attached hydrogens (primary N) is 1. The molecule has 1 heterocycles. The smallest absolute Gasteiger partial charge is 0.257 e. The quantitative estimate of drug-likeness (QED) is 0.725. The highest BCUT2D eigenvalue weighted by Crippen LogP contribution is 2.21. The van der Waals surface area contributed by atoms with Crippen LogP contribution in [-0.4, -0.2) is 22.4 Å². The minimum atomic E-state index is -0.203. The Morgan fingerprint density at radius 2 is 2.24 bits per heavy atom. The Morgan fingerprint density at radius 1 is 1.47 bits per heavy atom. The highest BCUT2D eigenvalue weighted by atomic mass is 32.2. The molecule has 2 aromatic rings. The molecular weight excluding hydrogens is 236 g/mol. The van der Waals surface area contributed by atoms with Gasteiger partial charge in [-0.05, 0) is 18.4 Å². The van der Waals surface area contributed by atoms with Gasteiger partial charge in [-0.2, -0.15) is 5.10 Å². The van der Waals surface area contributed by atoms with Crippen LogP contribution in [0.4, 0.5) is 11.5 Å². The second-order valence-corrected chi connectivity index (χ2v) is 4.20. The van der Waals surface area contributed by atoms with Crippen molar-refractivity contribution in [2.24, 2.45) is 0 Å². The van der Waals surface area contributed by atoms with Gasteiger partial charge in [0.2, 0.25) is 0 Å². The van der Waals surface area contributed by atoms with E-state index in [9.17, 15) is 4.79 Å². The fraction of sp³-hybridized carbons (Fsp3) is 0.0909. The summed E-state index contributed by atoms with van der Waals surface area (Å²) in [7, 11) is 0. The van der Waals surface area contributed by atoms with Gasteiger partial charge in [0.05, 0.1) is 17.4 Å². The summed E-state index contributed by atoms with van der Waals surface area (Å²) in [5.41, 5.74) is 6.66. The summed E-state index contributed by atoms with van der Waals surface area (Å²) in [6.07, 6.45) is 3.38. The molecule has 0 spiro atoms. The van der Waals surface area contributed by atoms with Crippen molar-refractivity contribution in [2.45, 2.75) is 4.90 Å². The lowest BCUT2D eigenvalue weighted by Crippen LogP contribution is -2.14. The lowest BCUT2D eigenvalue weighted by Gasteiger charge is -2.07. The SMILES string of the molecule is CSc1ccccc1C(=O)Nc1[nH]ncc1N. The van der Waals surface area contributed by atoms with Crippen LogP contribution in [0.1, 0.15) is 10.4 Å². The molecule has 2 rings (SSSR count). The number of nitrogen functional groups attached to an aromatic ring is 1. The van der Waals surface area contributed by atoms with Gasteiger partial charge in [0.15, 0.2) is 5.82 Å². The summed E-state index contributed by atoms with van der Waals surface area (Å²) < 4.78 is 0. The first kappa shape index (κ1) is 11.5. The first-order valence-electron chi connectivity index (χ1n) is 4.95. The lowest BCUT2D eigenvalue weighted by atomic mass is 10.2. The number of carbonyl (C=O) groups is 1. The van der Waals surface area contributed by atoms with Crippen LogP contribution in [0.3, 0.4) is 0 Å². The van der Waals surface area contributed by atoms with E-state index in [-0.39, 0.29) is 5.91 Å². The van der Waals surface area contributed by atoms with Crippen molar-refractivity contribution >= 4 is 29.2 Å². The molecule has 0 radical (unpaired) electrons. The Labute approximate surface area is 103 Å². The van der Waals surface area contributed by atoms with Crippen molar-refractivity contribution in [3.8, 4) is 0 Å². The van der Waals surface area contributed by atoms with Gasteiger partial charge in [0.1, 0.15) is 0 Å². The molecule has 0 saturated carbocycles. The third kappa shape index (κ3) is 2.42. The predicted octanol–water partition coefficient (Wildman–Crippen LogP) is 1.97. The molecular formula is C11H12N4OS. The van der Waals surface area contributed by atoms with Gasteiger partial charge in [-0.25, -0.2) is 0 Å². The molecule has 1 aromatic heterocycles. The van der Waals surface area contributed by atoms with Gasteiger partial charge >= 0.3 is 0 Å². The zero-order valence-corrected chi connectivity index (χ0v) is 10.0. The monoisotopic (exact) mass is 248 g/mol. The maximum Gasteiger partial charge on any atom is 0.257 e. The predicted molar refractivity (Wildman–Crippen MR) is 69.2 cm³/mol. The van der Waals surface area contributed by atoms with Crippen molar-refractivity contribution in [1.82, 2.24) is 10.2 Å². The number of carbonyl (C=O) groups excluding carboxylic acids is 1. The van der Waals surface area contributed by atoms with Crippen molar-refractivity contribution in [3.05, 3.63) is 36.0 Å². The summed E-state index contributed by atoms with van der Waals surface area (Å²) >= 11 is 1.52. The zero-order chi connectivity index (χ0) is 12.3. The Morgan fingerprint density at radius 3 is 2.88 bits per heavy atom. The number of aromatic amines is 1. The number of H-pyrrole nitrogens is 1. The van der Waals surface area contributed by atoms with Crippen LogP contribution in [0.15, 0.2) is 35.4 Å². The molecule has 5 nitrogen and oxygen atoms in total. The van der Waals surface area contributed by atoms with E-state index in [0.29, 0.717) is 17.1 Å². The second kappa shape index (κ2) is 4.92. The van der Waals surface area contributed by atoms with Crippen LogP contribution in [0.5, 0.6) is 0 Å². The van der Waals surface area contributed by atoms with E-state index in [1.165, 1.54) is 18.0 Å². The molecule has 17 heavy (non-hydrogen) atoms. The van der Waals surface area contributed by atoms with E-state index < -0.39 is 0 Å². The molecule has 1 aromatic carbocycles. The summed E-state index contributed by atoms with van der Waals surface area (Å²) in [4.78, 5) is 12.9. The van der Waals surface area contributed by atoms with Crippen LogP contribution < -0.4 is 11.1 Å². The average Bonchev–Trinajstić information content (AvgIpc) is 2.75. The van der Waals surface area contributed by atoms with Gasteiger partial charge in [0, 0.05) is 4.90 Å². The number of hydrogen-bond acceptors (Lipinski definition) is 4. The Balaban J connectivity index is 2.23. The van der Waals surface area contributed by atoms with E-state index in [2.05, 4.69) is 15.5 Å². The largest absolute Gasteiger partial charge is 0.394 e. The topological polar surface area (TPSA) is 83.8 Å². The number of thioether (sulfide) groups is 1. The van der Waals surface area contributed by atoms with Gasteiger partial charge in [-0.15, -0.1) is 11.8 Å². The Kier molecular flexibility index (Phi) is 3.34. The van der Waals surface area contributed by atoms with Crippen LogP contribution in [-0.2, 0) is 0 Å². The van der Waals surface area contributed by atoms with E-state index in [4.69, 9.17) is 5.73 Å². The highest BCUT2D eigenvalue weighted by molar-refractivity contribution is 7.98. The number of aromatic nitrogens is 2. The number of rotatable bonds is 3. The van der Waals surface area contributed by atoms with Crippen LogP contribution >= 0.6 is 11.8 Å². The molecule has 0 aliphatic heterocycles. The fourth-order valence-corrected chi connectivity index (χ4v) is 2.00. The van der Waals surface area contributed by atoms with Gasteiger partial charge in [-0.3, -0.25) is 9.89 Å². The maximum absolute atomic E-state index is 12.0. The zero-order valence-electron chi connectivity index (χ0n) is 9.23. The first-order valence-corrected chi connectivity index (χ1v) is 6.18.